The minimum absolute atomic E-state index is 0.898. The van der Waals surface area contributed by atoms with Gasteiger partial charge in [0.2, 0.25) is 0 Å². The van der Waals surface area contributed by atoms with Crippen LogP contribution in [0, 0.1) is 0 Å². The molecule has 3 nitrogen and oxygen atoms in total. The standard InChI is InChI=1S/C60H40N2OSi/c1-4-18-43(19-5-1)61-54-28-13-11-26-50(54)53-40-42(31-37-56(53)61)41-17-16-24-48(39-41)64(45-20-6-2-7-21-45,46-22-8-3-9-23-46)47-34-32-44(33-35-47)62-55-29-14-10-25-49(55)51-36-38-58-59(60(51)62)52-27-12-15-30-57(52)63-58/h1-40H. The van der Waals surface area contributed by atoms with Gasteiger partial charge in [0.1, 0.15) is 11.2 Å². The Morgan fingerprint density at radius 2 is 0.828 bits per heavy atom. The topological polar surface area (TPSA) is 23.0 Å². The van der Waals surface area contributed by atoms with E-state index in [4.69, 9.17) is 4.42 Å². The number of hydrogen-bond donors (Lipinski definition) is 0. The van der Waals surface area contributed by atoms with Crippen molar-refractivity contribution in [1.82, 2.24) is 9.13 Å². The SMILES string of the molecule is c1ccc(-n2c3ccccc3c3cc(-c4cccc([Si](c5ccccc5)(c5ccccc5)c5ccc(-n6c7ccccc7c7ccc8oc9ccccc9c8c76)cc5)c4)ccc32)cc1. The zero-order valence-corrected chi connectivity index (χ0v) is 35.9. The molecule has 13 aromatic rings. The zero-order chi connectivity index (χ0) is 42.2. The van der Waals surface area contributed by atoms with Crippen LogP contribution in [0.5, 0.6) is 0 Å². The summed E-state index contributed by atoms with van der Waals surface area (Å²) in [6.07, 6.45) is 0. The van der Waals surface area contributed by atoms with Crippen molar-refractivity contribution < 1.29 is 4.42 Å². The molecule has 300 valence electrons. The largest absolute Gasteiger partial charge is 0.456 e. The number of aromatic nitrogens is 2. The molecule has 0 amide bonds. The van der Waals surface area contributed by atoms with Crippen molar-refractivity contribution in [1.29, 1.82) is 0 Å². The number of para-hydroxylation sites is 4. The van der Waals surface area contributed by atoms with Gasteiger partial charge in [-0.05, 0) is 98.6 Å². The fourth-order valence-electron chi connectivity index (χ4n) is 10.7. The lowest BCUT2D eigenvalue weighted by Gasteiger charge is -2.35. The van der Waals surface area contributed by atoms with E-state index in [2.05, 4.69) is 246 Å². The molecule has 0 aliphatic heterocycles. The van der Waals surface area contributed by atoms with Crippen LogP contribution in [-0.4, -0.2) is 17.2 Å². The molecule has 0 atom stereocenters. The maximum Gasteiger partial charge on any atom is 0.179 e. The maximum atomic E-state index is 6.45. The molecule has 13 rings (SSSR count). The molecular formula is C60H40N2OSi. The lowest BCUT2D eigenvalue weighted by Crippen LogP contribution is -2.74. The van der Waals surface area contributed by atoms with E-state index in [0.29, 0.717) is 0 Å². The minimum Gasteiger partial charge on any atom is -0.456 e. The number of nitrogens with zero attached hydrogens (tertiary/aromatic N) is 2. The Hall–Kier alpha value is -8.18. The number of fused-ring (bicyclic) bond motifs is 10. The molecule has 0 bridgehead atoms. The third-order valence-electron chi connectivity index (χ3n) is 13.5. The fraction of sp³-hybridized carbons (Fsp3) is 0. The summed E-state index contributed by atoms with van der Waals surface area (Å²) in [5.74, 6) is 0. The van der Waals surface area contributed by atoms with Crippen molar-refractivity contribution in [2.75, 3.05) is 0 Å². The van der Waals surface area contributed by atoms with Gasteiger partial charge in [0.15, 0.2) is 8.07 Å². The first-order valence-electron chi connectivity index (χ1n) is 22.0. The van der Waals surface area contributed by atoms with Gasteiger partial charge in [-0.25, -0.2) is 0 Å². The normalized spacial score (nSPS) is 12.1. The Morgan fingerprint density at radius 3 is 1.55 bits per heavy atom. The van der Waals surface area contributed by atoms with E-state index in [-0.39, 0.29) is 0 Å². The molecule has 0 saturated carbocycles. The van der Waals surface area contributed by atoms with Crippen LogP contribution in [0.2, 0.25) is 0 Å². The molecular weight excluding hydrogens is 793 g/mol. The second kappa shape index (κ2) is 14.5. The molecule has 0 fully saturated rings. The van der Waals surface area contributed by atoms with Gasteiger partial charge in [-0.3, -0.25) is 0 Å². The highest BCUT2D eigenvalue weighted by atomic mass is 28.3. The van der Waals surface area contributed by atoms with E-state index in [1.165, 1.54) is 75.5 Å². The molecule has 3 aromatic heterocycles. The Kier molecular flexibility index (Phi) is 8.23. The van der Waals surface area contributed by atoms with Gasteiger partial charge >= 0.3 is 0 Å². The Bertz CT molecular complexity index is 3840. The highest BCUT2D eigenvalue weighted by Gasteiger charge is 2.41. The lowest BCUT2D eigenvalue weighted by molar-refractivity contribution is 0.669. The van der Waals surface area contributed by atoms with Crippen molar-refractivity contribution >= 4 is 94.4 Å². The van der Waals surface area contributed by atoms with Gasteiger partial charge in [-0.1, -0.05) is 176 Å². The summed E-state index contributed by atoms with van der Waals surface area (Å²) in [5.41, 5.74) is 11.3. The molecule has 0 aliphatic rings. The average molecular weight is 833 g/mol. The highest BCUT2D eigenvalue weighted by Crippen LogP contribution is 2.41. The van der Waals surface area contributed by atoms with Crippen LogP contribution in [0.25, 0.3) is 88.1 Å². The molecule has 0 unspecified atom stereocenters. The molecule has 0 spiro atoms. The number of rotatable bonds is 7. The van der Waals surface area contributed by atoms with E-state index in [1.807, 2.05) is 6.07 Å². The fourth-order valence-corrected chi connectivity index (χ4v) is 15.5. The van der Waals surface area contributed by atoms with Crippen LogP contribution in [0.3, 0.4) is 0 Å². The third-order valence-corrected chi connectivity index (χ3v) is 18.2. The molecule has 0 aliphatic carbocycles. The predicted molar refractivity (Wildman–Crippen MR) is 271 cm³/mol. The van der Waals surface area contributed by atoms with E-state index in [9.17, 15) is 0 Å². The van der Waals surface area contributed by atoms with Crippen molar-refractivity contribution in [2.24, 2.45) is 0 Å². The summed E-state index contributed by atoms with van der Waals surface area (Å²) in [6, 6.07) is 89.3. The number of hydrogen-bond acceptors (Lipinski definition) is 1. The van der Waals surface area contributed by atoms with Crippen LogP contribution in [0.1, 0.15) is 0 Å². The lowest BCUT2D eigenvalue weighted by atomic mass is 10.0. The average Bonchev–Trinajstić information content (AvgIpc) is 4.03. The smallest absolute Gasteiger partial charge is 0.179 e. The summed E-state index contributed by atoms with van der Waals surface area (Å²) in [4.78, 5) is 0. The molecule has 0 N–H and O–H groups in total. The van der Waals surface area contributed by atoms with Crippen LogP contribution in [-0.2, 0) is 0 Å². The van der Waals surface area contributed by atoms with E-state index < -0.39 is 8.07 Å². The monoisotopic (exact) mass is 832 g/mol. The summed E-state index contributed by atoms with van der Waals surface area (Å²) in [5, 5.41) is 12.6. The minimum atomic E-state index is -2.91. The predicted octanol–water partition coefficient (Wildman–Crippen LogP) is 12.8. The summed E-state index contributed by atoms with van der Waals surface area (Å²) in [7, 11) is -2.91. The van der Waals surface area contributed by atoms with Crippen molar-refractivity contribution in [3.05, 3.63) is 243 Å². The third kappa shape index (κ3) is 5.39. The van der Waals surface area contributed by atoms with Gasteiger partial charge < -0.3 is 13.6 Å². The highest BCUT2D eigenvalue weighted by molar-refractivity contribution is 7.19. The van der Waals surface area contributed by atoms with E-state index in [1.54, 1.807) is 0 Å². The van der Waals surface area contributed by atoms with Gasteiger partial charge in [-0.2, -0.15) is 0 Å². The first-order chi connectivity index (χ1) is 31.8. The maximum absolute atomic E-state index is 6.45. The van der Waals surface area contributed by atoms with Crippen LogP contribution in [0.15, 0.2) is 247 Å². The van der Waals surface area contributed by atoms with Crippen LogP contribution in [0.4, 0.5) is 0 Å². The molecule has 10 aromatic carbocycles. The summed E-state index contributed by atoms with van der Waals surface area (Å²) >= 11 is 0. The van der Waals surface area contributed by atoms with Crippen molar-refractivity contribution in [2.45, 2.75) is 0 Å². The van der Waals surface area contributed by atoms with Gasteiger partial charge in [0.25, 0.3) is 0 Å². The molecule has 3 heterocycles. The second-order valence-electron chi connectivity index (χ2n) is 16.8. The van der Waals surface area contributed by atoms with Crippen molar-refractivity contribution in [3.63, 3.8) is 0 Å². The molecule has 0 radical (unpaired) electrons. The zero-order valence-electron chi connectivity index (χ0n) is 34.9. The Labute approximate surface area is 371 Å². The molecule has 4 heteroatoms. The molecule has 0 saturated heterocycles. The Morgan fingerprint density at radius 1 is 0.297 bits per heavy atom. The first-order valence-corrected chi connectivity index (χ1v) is 24.0. The van der Waals surface area contributed by atoms with Crippen LogP contribution < -0.4 is 20.7 Å². The van der Waals surface area contributed by atoms with Gasteiger partial charge in [-0.15, -0.1) is 0 Å². The summed E-state index contributed by atoms with van der Waals surface area (Å²) in [6.45, 7) is 0. The van der Waals surface area contributed by atoms with E-state index >= 15 is 0 Å². The van der Waals surface area contributed by atoms with Crippen LogP contribution >= 0.6 is 0 Å². The van der Waals surface area contributed by atoms with Crippen molar-refractivity contribution in [3.8, 4) is 22.5 Å². The number of furan rings is 1. The quantitative estimate of drug-likeness (QED) is 0.116. The summed E-state index contributed by atoms with van der Waals surface area (Å²) < 4.78 is 11.3. The first kappa shape index (κ1) is 36.5. The second-order valence-corrected chi connectivity index (χ2v) is 20.6. The van der Waals surface area contributed by atoms with E-state index in [0.717, 1.165) is 33.3 Å². The van der Waals surface area contributed by atoms with Gasteiger partial charge in [0, 0.05) is 38.3 Å². The Balaban J connectivity index is 1.02. The number of benzene rings is 10. The van der Waals surface area contributed by atoms with Gasteiger partial charge in [0.05, 0.1) is 27.5 Å². The molecule has 64 heavy (non-hydrogen) atoms.